The van der Waals surface area contributed by atoms with Crippen LogP contribution in [0.4, 0.5) is 0 Å². The fourth-order valence-electron chi connectivity index (χ4n) is 3.72. The standard InChI is InChI=1S/C26H28ClNO/c1-16-7-6-8-17(2)25(16)26(29)28-24(15-27)22-11-9-21(10-12-22)23-13-18(3)20(5)19(4)14-23/h6-14,24H,15H2,1-5H3,(H,28,29). The molecule has 0 radical (unpaired) electrons. The van der Waals surface area contributed by atoms with Crippen molar-refractivity contribution >= 4 is 17.5 Å². The van der Waals surface area contributed by atoms with Crippen molar-refractivity contribution in [1.29, 1.82) is 0 Å². The molecule has 29 heavy (non-hydrogen) atoms. The molecule has 3 rings (SSSR count). The Balaban J connectivity index is 1.83. The molecule has 0 saturated carbocycles. The van der Waals surface area contributed by atoms with Crippen LogP contribution in [-0.4, -0.2) is 11.8 Å². The first-order chi connectivity index (χ1) is 13.8. The van der Waals surface area contributed by atoms with E-state index in [1.165, 1.54) is 22.3 Å². The molecule has 0 aliphatic rings. The van der Waals surface area contributed by atoms with Gasteiger partial charge < -0.3 is 5.32 Å². The Morgan fingerprint density at radius 1 is 0.828 bits per heavy atom. The van der Waals surface area contributed by atoms with E-state index in [4.69, 9.17) is 11.6 Å². The maximum absolute atomic E-state index is 12.9. The third kappa shape index (κ3) is 4.54. The van der Waals surface area contributed by atoms with Crippen LogP contribution in [-0.2, 0) is 0 Å². The van der Waals surface area contributed by atoms with E-state index in [0.29, 0.717) is 5.88 Å². The number of rotatable bonds is 5. The zero-order chi connectivity index (χ0) is 21.1. The summed E-state index contributed by atoms with van der Waals surface area (Å²) in [7, 11) is 0. The third-order valence-corrected chi connectivity index (χ3v) is 6.05. The zero-order valence-corrected chi connectivity index (χ0v) is 18.5. The van der Waals surface area contributed by atoms with E-state index in [9.17, 15) is 4.79 Å². The van der Waals surface area contributed by atoms with Crippen molar-refractivity contribution in [3.63, 3.8) is 0 Å². The number of amides is 1. The molecule has 0 bridgehead atoms. The van der Waals surface area contributed by atoms with Gasteiger partial charge in [0.15, 0.2) is 0 Å². The molecule has 0 saturated heterocycles. The summed E-state index contributed by atoms with van der Waals surface area (Å²) in [6, 6.07) is 18.4. The van der Waals surface area contributed by atoms with E-state index < -0.39 is 0 Å². The summed E-state index contributed by atoms with van der Waals surface area (Å²) in [6.45, 7) is 10.4. The zero-order valence-electron chi connectivity index (χ0n) is 17.8. The summed E-state index contributed by atoms with van der Waals surface area (Å²) in [5.74, 6) is 0.235. The van der Waals surface area contributed by atoms with Gasteiger partial charge in [0.1, 0.15) is 0 Å². The van der Waals surface area contributed by atoms with Crippen molar-refractivity contribution in [2.75, 3.05) is 5.88 Å². The molecule has 0 spiro atoms. The number of carbonyl (C=O) groups excluding carboxylic acids is 1. The van der Waals surface area contributed by atoms with E-state index in [1.807, 2.05) is 32.0 Å². The third-order valence-electron chi connectivity index (χ3n) is 5.74. The molecule has 2 nitrogen and oxygen atoms in total. The summed E-state index contributed by atoms with van der Waals surface area (Å²) in [5.41, 5.74) is 9.96. The molecular formula is C26H28ClNO. The Hall–Kier alpha value is -2.58. The highest BCUT2D eigenvalue weighted by molar-refractivity contribution is 6.18. The number of halogens is 1. The van der Waals surface area contributed by atoms with Gasteiger partial charge in [-0.15, -0.1) is 11.6 Å². The van der Waals surface area contributed by atoms with Gasteiger partial charge in [-0.2, -0.15) is 0 Å². The van der Waals surface area contributed by atoms with Gasteiger partial charge in [0.25, 0.3) is 5.91 Å². The molecule has 0 heterocycles. The minimum Gasteiger partial charge on any atom is -0.344 e. The molecule has 0 aliphatic carbocycles. The van der Waals surface area contributed by atoms with Crippen LogP contribution in [0.5, 0.6) is 0 Å². The number of aryl methyl sites for hydroxylation is 4. The normalized spacial score (nSPS) is 11.9. The second-order valence-electron chi connectivity index (χ2n) is 7.80. The second kappa shape index (κ2) is 8.84. The average Bonchev–Trinajstić information content (AvgIpc) is 2.70. The number of benzene rings is 3. The van der Waals surface area contributed by atoms with Crippen LogP contribution in [0, 0.1) is 34.6 Å². The summed E-state index contributed by atoms with van der Waals surface area (Å²) in [6.07, 6.45) is 0. The van der Waals surface area contributed by atoms with Crippen LogP contribution in [0.1, 0.15) is 49.8 Å². The van der Waals surface area contributed by atoms with Crippen LogP contribution < -0.4 is 5.32 Å². The first-order valence-electron chi connectivity index (χ1n) is 9.93. The van der Waals surface area contributed by atoms with Gasteiger partial charge in [0.2, 0.25) is 0 Å². The topological polar surface area (TPSA) is 29.1 Å². The fourth-order valence-corrected chi connectivity index (χ4v) is 3.98. The lowest BCUT2D eigenvalue weighted by atomic mass is 9.95. The molecule has 0 aromatic heterocycles. The Morgan fingerprint density at radius 3 is 1.90 bits per heavy atom. The molecule has 3 aromatic rings. The van der Waals surface area contributed by atoms with E-state index in [2.05, 4.69) is 62.5 Å². The summed E-state index contributed by atoms with van der Waals surface area (Å²) < 4.78 is 0. The van der Waals surface area contributed by atoms with Gasteiger partial charge in [0.05, 0.1) is 6.04 Å². The molecule has 1 amide bonds. The van der Waals surface area contributed by atoms with Gasteiger partial charge >= 0.3 is 0 Å². The average molecular weight is 406 g/mol. The van der Waals surface area contributed by atoms with E-state index in [-0.39, 0.29) is 11.9 Å². The lowest BCUT2D eigenvalue weighted by Gasteiger charge is -2.19. The van der Waals surface area contributed by atoms with Gasteiger partial charge in [-0.05, 0) is 79.1 Å². The predicted molar refractivity (Wildman–Crippen MR) is 123 cm³/mol. The number of hydrogen-bond donors (Lipinski definition) is 1. The Morgan fingerprint density at radius 2 is 1.38 bits per heavy atom. The van der Waals surface area contributed by atoms with Gasteiger partial charge in [-0.1, -0.05) is 54.6 Å². The van der Waals surface area contributed by atoms with Gasteiger partial charge in [-0.3, -0.25) is 4.79 Å². The largest absolute Gasteiger partial charge is 0.344 e. The van der Waals surface area contributed by atoms with Crippen LogP contribution in [0.25, 0.3) is 11.1 Å². The van der Waals surface area contributed by atoms with Crippen LogP contribution >= 0.6 is 11.6 Å². The van der Waals surface area contributed by atoms with Crippen LogP contribution in [0.3, 0.4) is 0 Å². The highest BCUT2D eigenvalue weighted by Gasteiger charge is 2.18. The molecule has 0 fully saturated rings. The Bertz CT molecular complexity index is 994. The number of carbonyl (C=O) groups is 1. The first kappa shape index (κ1) is 21.1. The number of hydrogen-bond acceptors (Lipinski definition) is 1. The van der Waals surface area contributed by atoms with Crippen LogP contribution in [0.2, 0.25) is 0 Å². The second-order valence-corrected chi connectivity index (χ2v) is 8.11. The van der Waals surface area contributed by atoms with Gasteiger partial charge in [0, 0.05) is 11.4 Å². The van der Waals surface area contributed by atoms with Gasteiger partial charge in [-0.25, -0.2) is 0 Å². The van der Waals surface area contributed by atoms with Crippen molar-refractivity contribution in [3.05, 3.63) is 93.5 Å². The SMILES string of the molecule is Cc1cc(-c2ccc(C(CCl)NC(=O)c3c(C)cccc3C)cc2)cc(C)c1C. The molecule has 150 valence electrons. The van der Waals surface area contributed by atoms with Crippen molar-refractivity contribution in [1.82, 2.24) is 5.32 Å². The Labute approximate surface area is 178 Å². The highest BCUT2D eigenvalue weighted by Crippen LogP contribution is 2.27. The summed E-state index contributed by atoms with van der Waals surface area (Å²) in [4.78, 5) is 12.9. The highest BCUT2D eigenvalue weighted by atomic mass is 35.5. The first-order valence-corrected chi connectivity index (χ1v) is 10.5. The molecule has 0 aliphatic heterocycles. The minimum absolute atomic E-state index is 0.0832. The maximum Gasteiger partial charge on any atom is 0.252 e. The quantitative estimate of drug-likeness (QED) is 0.475. The lowest BCUT2D eigenvalue weighted by Crippen LogP contribution is -2.30. The molecule has 1 atom stereocenters. The number of alkyl halides is 1. The van der Waals surface area contributed by atoms with E-state index >= 15 is 0 Å². The van der Waals surface area contributed by atoms with Crippen molar-refractivity contribution in [2.45, 2.75) is 40.7 Å². The van der Waals surface area contributed by atoms with Crippen LogP contribution in [0.15, 0.2) is 54.6 Å². The van der Waals surface area contributed by atoms with Crippen molar-refractivity contribution in [3.8, 4) is 11.1 Å². The summed E-state index contributed by atoms with van der Waals surface area (Å²) >= 11 is 6.21. The Kier molecular flexibility index (Phi) is 6.44. The van der Waals surface area contributed by atoms with Crippen molar-refractivity contribution < 1.29 is 4.79 Å². The molecule has 1 N–H and O–H groups in total. The molecule has 1 unspecified atom stereocenters. The fraction of sp³-hybridized carbons (Fsp3) is 0.269. The summed E-state index contributed by atoms with van der Waals surface area (Å²) in [5, 5.41) is 3.09. The monoisotopic (exact) mass is 405 g/mol. The van der Waals surface area contributed by atoms with E-state index in [0.717, 1.165) is 27.8 Å². The smallest absolute Gasteiger partial charge is 0.252 e. The maximum atomic E-state index is 12.9. The lowest BCUT2D eigenvalue weighted by molar-refractivity contribution is 0.0939. The number of nitrogens with one attached hydrogen (secondary N) is 1. The molecular weight excluding hydrogens is 378 g/mol. The molecule has 3 aromatic carbocycles. The van der Waals surface area contributed by atoms with E-state index in [1.54, 1.807) is 0 Å². The predicted octanol–water partition coefficient (Wildman–Crippen LogP) is 6.61. The molecule has 3 heteroatoms. The van der Waals surface area contributed by atoms with Crippen molar-refractivity contribution in [2.24, 2.45) is 0 Å². The minimum atomic E-state index is -0.237.